The van der Waals surface area contributed by atoms with Crippen LogP contribution < -0.4 is 5.32 Å². The smallest absolute Gasteiger partial charge is 0.327 e. The van der Waals surface area contributed by atoms with Crippen molar-refractivity contribution in [3.63, 3.8) is 0 Å². The molecule has 0 heterocycles. The van der Waals surface area contributed by atoms with Crippen molar-refractivity contribution in [2.45, 2.75) is 37.8 Å². The van der Waals surface area contributed by atoms with Crippen molar-refractivity contribution in [1.29, 1.82) is 0 Å². The van der Waals surface area contributed by atoms with Crippen molar-refractivity contribution in [3.8, 4) is 0 Å². The van der Waals surface area contributed by atoms with Crippen molar-refractivity contribution >= 4 is 29.2 Å². The van der Waals surface area contributed by atoms with Gasteiger partial charge in [0.2, 0.25) is 0 Å². The van der Waals surface area contributed by atoms with Crippen LogP contribution in [0.5, 0.6) is 0 Å². The zero-order chi connectivity index (χ0) is 13.8. The Labute approximate surface area is 123 Å². The Hall–Kier alpha value is -0.770. The van der Waals surface area contributed by atoms with Gasteiger partial charge in [0.25, 0.3) is 0 Å². The van der Waals surface area contributed by atoms with Crippen molar-refractivity contribution in [2.75, 3.05) is 7.11 Å². The Morgan fingerprint density at radius 3 is 2.58 bits per heavy atom. The molecular weight excluding hydrogens is 285 g/mol. The minimum absolute atomic E-state index is 0.301. The third-order valence-corrected chi connectivity index (χ3v) is 4.21. The van der Waals surface area contributed by atoms with Crippen molar-refractivity contribution in [2.24, 2.45) is 0 Å². The van der Waals surface area contributed by atoms with Crippen LogP contribution in [0.1, 0.15) is 37.3 Å². The lowest BCUT2D eigenvalue weighted by atomic mass is 10.1. The molecule has 1 N–H and O–H groups in total. The Morgan fingerprint density at radius 2 is 2.00 bits per heavy atom. The van der Waals surface area contributed by atoms with E-state index in [0.717, 1.165) is 18.4 Å². The van der Waals surface area contributed by atoms with Gasteiger partial charge in [0, 0.05) is 6.04 Å². The number of methoxy groups -OCH3 is 1. The van der Waals surface area contributed by atoms with E-state index in [0.29, 0.717) is 16.1 Å². The Morgan fingerprint density at radius 1 is 1.32 bits per heavy atom. The van der Waals surface area contributed by atoms with E-state index in [1.165, 1.54) is 20.0 Å². The first-order chi connectivity index (χ1) is 9.11. The number of carbonyl (C=O) groups is 1. The molecule has 19 heavy (non-hydrogen) atoms. The molecule has 0 spiro atoms. The number of carbonyl (C=O) groups excluding carboxylic acids is 1. The molecule has 0 aliphatic heterocycles. The number of rotatable bonds is 4. The van der Waals surface area contributed by atoms with Crippen molar-refractivity contribution in [1.82, 2.24) is 5.32 Å². The molecule has 0 bridgehead atoms. The van der Waals surface area contributed by atoms with E-state index in [-0.39, 0.29) is 5.97 Å². The highest BCUT2D eigenvalue weighted by Gasteiger charge is 2.26. The predicted molar refractivity (Wildman–Crippen MR) is 76.6 cm³/mol. The fourth-order valence-corrected chi connectivity index (χ4v) is 2.74. The number of halogens is 2. The molecule has 1 fully saturated rings. The maximum absolute atomic E-state index is 11.9. The summed E-state index contributed by atoms with van der Waals surface area (Å²) in [6.45, 7) is 0. The van der Waals surface area contributed by atoms with Crippen LogP contribution >= 0.6 is 23.2 Å². The van der Waals surface area contributed by atoms with Gasteiger partial charge in [0.05, 0.1) is 17.2 Å². The highest BCUT2D eigenvalue weighted by atomic mass is 35.5. The molecule has 1 saturated carbocycles. The molecular formula is C14H17Cl2NO2. The van der Waals surface area contributed by atoms with Crippen LogP contribution in [0.4, 0.5) is 0 Å². The lowest BCUT2D eigenvalue weighted by molar-refractivity contribution is -0.143. The van der Waals surface area contributed by atoms with Crippen LogP contribution in [0, 0.1) is 0 Å². The fraction of sp³-hybridized carbons (Fsp3) is 0.500. The molecule has 3 nitrogen and oxygen atoms in total. The van der Waals surface area contributed by atoms with Gasteiger partial charge < -0.3 is 4.74 Å². The van der Waals surface area contributed by atoms with Gasteiger partial charge in [0.1, 0.15) is 6.04 Å². The van der Waals surface area contributed by atoms with Gasteiger partial charge in [-0.1, -0.05) is 42.1 Å². The standard InChI is InChI=1S/C14H17Cl2NO2/c1-19-14(18)13(17-10-4-2-3-5-10)9-6-7-11(15)12(16)8-9/h6-8,10,13,17H,2-5H2,1H3. The summed E-state index contributed by atoms with van der Waals surface area (Å²) in [6.07, 6.45) is 4.59. The first kappa shape index (κ1) is 14.6. The van der Waals surface area contributed by atoms with Crippen LogP contribution in [0.2, 0.25) is 10.0 Å². The van der Waals surface area contributed by atoms with E-state index in [4.69, 9.17) is 27.9 Å². The lowest BCUT2D eigenvalue weighted by Crippen LogP contribution is -2.36. The molecule has 1 aliphatic rings. The largest absolute Gasteiger partial charge is 0.468 e. The van der Waals surface area contributed by atoms with Gasteiger partial charge in [-0.25, -0.2) is 4.79 Å². The van der Waals surface area contributed by atoms with Gasteiger partial charge in [0.15, 0.2) is 0 Å². The van der Waals surface area contributed by atoms with Crippen LogP contribution in [0.25, 0.3) is 0 Å². The summed E-state index contributed by atoms with van der Waals surface area (Å²) >= 11 is 11.9. The quantitative estimate of drug-likeness (QED) is 0.861. The van der Waals surface area contributed by atoms with E-state index < -0.39 is 6.04 Å². The van der Waals surface area contributed by atoms with Gasteiger partial charge in [-0.05, 0) is 30.5 Å². The SMILES string of the molecule is COC(=O)C(NC1CCCC1)c1ccc(Cl)c(Cl)c1. The van der Waals surface area contributed by atoms with Crippen LogP contribution in [0.15, 0.2) is 18.2 Å². The molecule has 2 rings (SSSR count). The average molecular weight is 302 g/mol. The molecule has 1 aromatic rings. The van der Waals surface area contributed by atoms with E-state index >= 15 is 0 Å². The number of hydrogen-bond donors (Lipinski definition) is 1. The monoisotopic (exact) mass is 301 g/mol. The Balaban J connectivity index is 2.20. The van der Waals surface area contributed by atoms with Gasteiger partial charge in [-0.3, -0.25) is 5.32 Å². The minimum Gasteiger partial charge on any atom is -0.468 e. The number of hydrogen-bond acceptors (Lipinski definition) is 3. The maximum atomic E-state index is 11.9. The molecule has 0 amide bonds. The van der Waals surface area contributed by atoms with Crippen LogP contribution in [0.3, 0.4) is 0 Å². The summed E-state index contributed by atoms with van der Waals surface area (Å²) < 4.78 is 4.87. The molecule has 0 saturated heterocycles. The zero-order valence-corrected chi connectivity index (χ0v) is 12.3. The second-order valence-electron chi connectivity index (χ2n) is 4.78. The minimum atomic E-state index is -0.483. The predicted octanol–water partition coefficient (Wildman–Crippen LogP) is 3.74. The first-order valence-corrected chi connectivity index (χ1v) is 7.16. The second-order valence-corrected chi connectivity index (χ2v) is 5.59. The highest BCUT2D eigenvalue weighted by Crippen LogP contribution is 2.28. The van der Waals surface area contributed by atoms with Gasteiger partial charge in [-0.2, -0.15) is 0 Å². The van der Waals surface area contributed by atoms with E-state index in [9.17, 15) is 4.79 Å². The molecule has 1 aromatic carbocycles. The molecule has 1 aliphatic carbocycles. The summed E-state index contributed by atoms with van der Waals surface area (Å²) in [5.41, 5.74) is 0.785. The van der Waals surface area contributed by atoms with Crippen molar-refractivity contribution < 1.29 is 9.53 Å². The van der Waals surface area contributed by atoms with Crippen LogP contribution in [-0.4, -0.2) is 19.1 Å². The normalized spacial score (nSPS) is 17.4. The third kappa shape index (κ3) is 3.62. The van der Waals surface area contributed by atoms with Crippen LogP contribution in [-0.2, 0) is 9.53 Å². The first-order valence-electron chi connectivity index (χ1n) is 6.40. The highest BCUT2D eigenvalue weighted by molar-refractivity contribution is 6.42. The summed E-state index contributed by atoms with van der Waals surface area (Å²) in [5.74, 6) is -0.301. The summed E-state index contributed by atoms with van der Waals surface area (Å²) in [4.78, 5) is 11.9. The lowest BCUT2D eigenvalue weighted by Gasteiger charge is -2.21. The van der Waals surface area contributed by atoms with Gasteiger partial charge >= 0.3 is 5.97 Å². The molecule has 0 radical (unpaired) electrons. The Bertz CT molecular complexity index is 459. The fourth-order valence-electron chi connectivity index (χ4n) is 2.44. The molecule has 104 valence electrons. The number of ether oxygens (including phenoxy) is 1. The number of esters is 1. The molecule has 1 unspecified atom stereocenters. The molecule has 0 aromatic heterocycles. The summed E-state index contributed by atoms with van der Waals surface area (Å²) in [7, 11) is 1.39. The van der Waals surface area contributed by atoms with Gasteiger partial charge in [-0.15, -0.1) is 0 Å². The second kappa shape index (κ2) is 6.60. The number of nitrogens with one attached hydrogen (secondary N) is 1. The maximum Gasteiger partial charge on any atom is 0.327 e. The average Bonchev–Trinajstić information content (AvgIpc) is 2.91. The molecule has 1 atom stereocenters. The van der Waals surface area contributed by atoms with Crippen molar-refractivity contribution in [3.05, 3.63) is 33.8 Å². The third-order valence-electron chi connectivity index (χ3n) is 3.47. The van der Waals surface area contributed by atoms with E-state index in [1.54, 1.807) is 18.2 Å². The topological polar surface area (TPSA) is 38.3 Å². The van der Waals surface area contributed by atoms with E-state index in [2.05, 4.69) is 5.32 Å². The summed E-state index contributed by atoms with van der Waals surface area (Å²) in [5, 5.41) is 4.28. The molecule has 5 heteroatoms. The van der Waals surface area contributed by atoms with E-state index in [1.807, 2.05) is 0 Å². The number of benzene rings is 1. The summed E-state index contributed by atoms with van der Waals surface area (Å²) in [6, 6.07) is 5.10. The Kier molecular flexibility index (Phi) is 5.08. The zero-order valence-electron chi connectivity index (χ0n) is 10.8.